The maximum atomic E-state index is 13.4. The first kappa shape index (κ1) is 15.4. The average Bonchev–Trinajstić information content (AvgIpc) is 2.68. The SMILES string of the molecule is CC(C)(c1[nH]nc(N)c1-c1cc(F)cc(F)c1)S(C)(=O)=O. The Morgan fingerprint density at radius 3 is 2.19 bits per heavy atom. The molecule has 0 fully saturated rings. The molecule has 0 amide bonds. The number of nitrogens with zero attached hydrogens (tertiary/aromatic N) is 1. The van der Waals surface area contributed by atoms with Crippen molar-refractivity contribution in [3.63, 3.8) is 0 Å². The van der Waals surface area contributed by atoms with Crippen molar-refractivity contribution < 1.29 is 17.2 Å². The van der Waals surface area contributed by atoms with Gasteiger partial charge in [0.05, 0.1) is 5.69 Å². The van der Waals surface area contributed by atoms with Crippen molar-refractivity contribution in [2.24, 2.45) is 0 Å². The molecule has 8 heteroatoms. The highest BCUT2D eigenvalue weighted by Gasteiger charge is 2.37. The van der Waals surface area contributed by atoms with E-state index in [1.54, 1.807) is 0 Å². The zero-order valence-corrected chi connectivity index (χ0v) is 12.6. The van der Waals surface area contributed by atoms with Crippen molar-refractivity contribution >= 4 is 15.7 Å². The molecule has 2 rings (SSSR count). The van der Waals surface area contributed by atoms with Crippen LogP contribution in [-0.4, -0.2) is 24.9 Å². The van der Waals surface area contributed by atoms with Gasteiger partial charge in [0.2, 0.25) is 0 Å². The molecule has 0 aliphatic heterocycles. The Balaban J connectivity index is 2.75. The minimum Gasteiger partial charge on any atom is -0.382 e. The molecule has 0 aliphatic rings. The Morgan fingerprint density at radius 1 is 1.19 bits per heavy atom. The van der Waals surface area contributed by atoms with Gasteiger partial charge in [-0.05, 0) is 31.5 Å². The molecular formula is C13H15F2N3O2S. The van der Waals surface area contributed by atoms with E-state index in [1.807, 2.05) is 0 Å². The van der Waals surface area contributed by atoms with Crippen LogP contribution in [0.4, 0.5) is 14.6 Å². The van der Waals surface area contributed by atoms with Gasteiger partial charge in [-0.3, -0.25) is 5.10 Å². The predicted octanol–water partition coefficient (Wildman–Crippen LogP) is 2.22. The van der Waals surface area contributed by atoms with E-state index in [0.717, 1.165) is 24.5 Å². The van der Waals surface area contributed by atoms with Gasteiger partial charge in [-0.1, -0.05) is 0 Å². The van der Waals surface area contributed by atoms with Gasteiger partial charge in [-0.2, -0.15) is 5.10 Å². The van der Waals surface area contributed by atoms with Crippen molar-refractivity contribution in [1.82, 2.24) is 10.2 Å². The quantitative estimate of drug-likeness (QED) is 0.909. The summed E-state index contributed by atoms with van der Waals surface area (Å²) in [5.74, 6) is -1.59. The first-order valence-electron chi connectivity index (χ1n) is 6.04. The van der Waals surface area contributed by atoms with Crippen molar-refractivity contribution in [2.75, 3.05) is 12.0 Å². The third kappa shape index (κ3) is 2.63. The van der Waals surface area contributed by atoms with Gasteiger partial charge < -0.3 is 5.73 Å². The monoisotopic (exact) mass is 315 g/mol. The summed E-state index contributed by atoms with van der Waals surface area (Å²) in [6.07, 6.45) is 1.07. The molecule has 0 radical (unpaired) electrons. The lowest BCUT2D eigenvalue weighted by Gasteiger charge is -2.22. The van der Waals surface area contributed by atoms with E-state index in [-0.39, 0.29) is 22.6 Å². The van der Waals surface area contributed by atoms with Crippen LogP contribution in [0.1, 0.15) is 19.5 Å². The molecule has 0 saturated heterocycles. The second kappa shape index (κ2) is 4.80. The summed E-state index contributed by atoms with van der Waals surface area (Å²) in [7, 11) is -3.51. The highest BCUT2D eigenvalue weighted by atomic mass is 32.2. The van der Waals surface area contributed by atoms with E-state index in [4.69, 9.17) is 5.73 Å². The molecule has 21 heavy (non-hydrogen) atoms. The Labute approximate surface area is 121 Å². The molecule has 1 heterocycles. The lowest BCUT2D eigenvalue weighted by molar-refractivity contribution is 0.556. The summed E-state index contributed by atoms with van der Waals surface area (Å²) in [6.45, 7) is 2.93. The Bertz CT molecular complexity index is 777. The average molecular weight is 315 g/mol. The van der Waals surface area contributed by atoms with Gasteiger partial charge >= 0.3 is 0 Å². The molecule has 1 aromatic heterocycles. The third-order valence-corrected chi connectivity index (χ3v) is 5.53. The Hall–Kier alpha value is -1.96. The number of rotatable bonds is 3. The smallest absolute Gasteiger partial charge is 0.158 e. The molecular weight excluding hydrogens is 300 g/mol. The highest BCUT2D eigenvalue weighted by Crippen LogP contribution is 2.38. The van der Waals surface area contributed by atoms with Crippen LogP contribution in [0.25, 0.3) is 11.1 Å². The van der Waals surface area contributed by atoms with E-state index in [9.17, 15) is 17.2 Å². The van der Waals surface area contributed by atoms with Crippen LogP contribution in [0, 0.1) is 11.6 Å². The van der Waals surface area contributed by atoms with E-state index in [0.29, 0.717) is 0 Å². The topological polar surface area (TPSA) is 88.8 Å². The van der Waals surface area contributed by atoms with Crippen LogP contribution >= 0.6 is 0 Å². The molecule has 2 aromatic rings. The summed E-state index contributed by atoms with van der Waals surface area (Å²) in [5, 5.41) is 6.33. The second-order valence-corrected chi connectivity index (χ2v) is 7.86. The first-order valence-corrected chi connectivity index (χ1v) is 7.93. The van der Waals surface area contributed by atoms with Crippen LogP contribution in [0.5, 0.6) is 0 Å². The number of nitrogens with one attached hydrogen (secondary N) is 1. The minimum absolute atomic E-state index is 0.0216. The lowest BCUT2D eigenvalue weighted by Crippen LogP contribution is -2.29. The number of aromatic amines is 1. The van der Waals surface area contributed by atoms with Crippen molar-refractivity contribution in [1.29, 1.82) is 0 Å². The van der Waals surface area contributed by atoms with Gasteiger partial charge in [-0.15, -0.1) is 0 Å². The number of nitrogen functional groups attached to an aromatic ring is 1. The van der Waals surface area contributed by atoms with Gasteiger partial charge in [-0.25, -0.2) is 17.2 Å². The van der Waals surface area contributed by atoms with E-state index >= 15 is 0 Å². The van der Waals surface area contributed by atoms with Crippen LogP contribution in [0.2, 0.25) is 0 Å². The van der Waals surface area contributed by atoms with Gasteiger partial charge in [0.25, 0.3) is 0 Å². The van der Waals surface area contributed by atoms with Crippen molar-refractivity contribution in [3.05, 3.63) is 35.5 Å². The molecule has 0 aliphatic carbocycles. The number of H-pyrrole nitrogens is 1. The Kier molecular flexibility index (Phi) is 3.53. The van der Waals surface area contributed by atoms with Crippen LogP contribution in [0.3, 0.4) is 0 Å². The molecule has 114 valence electrons. The van der Waals surface area contributed by atoms with Crippen LogP contribution < -0.4 is 5.73 Å². The van der Waals surface area contributed by atoms with Crippen molar-refractivity contribution in [2.45, 2.75) is 18.6 Å². The summed E-state index contributed by atoms with van der Waals surface area (Å²) >= 11 is 0. The summed E-state index contributed by atoms with van der Waals surface area (Å²) in [4.78, 5) is 0. The molecule has 0 atom stereocenters. The molecule has 3 N–H and O–H groups in total. The fourth-order valence-corrected chi connectivity index (χ4v) is 2.49. The number of benzene rings is 1. The fraction of sp³-hybridized carbons (Fsp3) is 0.308. The summed E-state index contributed by atoms with van der Waals surface area (Å²) in [6, 6.07) is 2.87. The fourth-order valence-electron chi connectivity index (χ4n) is 1.97. The number of anilines is 1. The maximum absolute atomic E-state index is 13.4. The molecule has 0 spiro atoms. The molecule has 0 saturated carbocycles. The standard InChI is InChI=1S/C13H15F2N3O2S/c1-13(2,21(3,19)20)11-10(12(16)18-17-11)7-4-8(14)6-9(15)5-7/h4-6H,1-3H3,(H3,16,17,18). The highest BCUT2D eigenvalue weighted by molar-refractivity contribution is 7.91. The van der Waals surface area contributed by atoms with Gasteiger partial charge in [0, 0.05) is 17.9 Å². The van der Waals surface area contributed by atoms with E-state index < -0.39 is 26.2 Å². The van der Waals surface area contributed by atoms with E-state index in [2.05, 4.69) is 10.2 Å². The van der Waals surface area contributed by atoms with Crippen LogP contribution in [-0.2, 0) is 14.6 Å². The number of nitrogens with two attached hydrogens (primary N) is 1. The molecule has 5 nitrogen and oxygen atoms in total. The minimum atomic E-state index is -3.51. The maximum Gasteiger partial charge on any atom is 0.158 e. The molecule has 0 unspecified atom stereocenters. The lowest BCUT2D eigenvalue weighted by atomic mass is 9.98. The van der Waals surface area contributed by atoms with Gasteiger partial charge in [0.1, 0.15) is 16.4 Å². The summed E-state index contributed by atoms with van der Waals surface area (Å²) in [5.41, 5.74) is 6.23. The second-order valence-electron chi connectivity index (χ2n) is 5.30. The predicted molar refractivity (Wildman–Crippen MR) is 76.2 cm³/mol. The normalized spacial score (nSPS) is 12.6. The number of sulfone groups is 1. The van der Waals surface area contributed by atoms with E-state index in [1.165, 1.54) is 13.8 Å². The number of hydrogen-bond donors (Lipinski definition) is 2. The largest absolute Gasteiger partial charge is 0.382 e. The summed E-state index contributed by atoms with van der Waals surface area (Å²) < 4.78 is 49.3. The van der Waals surface area contributed by atoms with Crippen LogP contribution in [0.15, 0.2) is 18.2 Å². The van der Waals surface area contributed by atoms with Gasteiger partial charge in [0.15, 0.2) is 15.7 Å². The number of aromatic nitrogens is 2. The first-order chi connectivity index (χ1) is 9.54. The number of halogens is 2. The number of hydrogen-bond acceptors (Lipinski definition) is 4. The zero-order valence-electron chi connectivity index (χ0n) is 11.7. The third-order valence-electron chi connectivity index (χ3n) is 3.47. The molecule has 0 bridgehead atoms. The molecule has 1 aromatic carbocycles. The Morgan fingerprint density at radius 2 is 1.71 bits per heavy atom. The zero-order chi connectivity index (χ0) is 16.0. The van der Waals surface area contributed by atoms with Crippen molar-refractivity contribution in [3.8, 4) is 11.1 Å².